The highest BCUT2D eigenvalue weighted by molar-refractivity contribution is 5.76. The predicted octanol–water partition coefficient (Wildman–Crippen LogP) is -0.0815. The summed E-state index contributed by atoms with van der Waals surface area (Å²) in [5.41, 5.74) is 5.36. The van der Waals surface area contributed by atoms with Crippen molar-refractivity contribution in [1.29, 1.82) is 0 Å². The van der Waals surface area contributed by atoms with Crippen molar-refractivity contribution in [2.24, 2.45) is 0 Å². The number of carbonyl (C=O) groups is 1. The Hall–Kier alpha value is -1.78. The van der Waals surface area contributed by atoms with Gasteiger partial charge in [0, 0.05) is 24.9 Å². The van der Waals surface area contributed by atoms with Crippen molar-refractivity contribution >= 4 is 11.7 Å². The van der Waals surface area contributed by atoms with E-state index in [1.807, 2.05) is 0 Å². The Morgan fingerprint density at radius 2 is 2.29 bits per heavy atom. The number of rotatable bonds is 1. The van der Waals surface area contributed by atoms with Gasteiger partial charge >= 0.3 is 5.97 Å². The summed E-state index contributed by atoms with van der Waals surface area (Å²) in [4.78, 5) is 22.2. The first-order valence-electron chi connectivity index (χ1n) is 4.32. The van der Waals surface area contributed by atoms with Crippen LogP contribution in [0.15, 0.2) is 23.3 Å². The van der Waals surface area contributed by atoms with Crippen molar-refractivity contribution in [2.45, 2.75) is 12.5 Å². The van der Waals surface area contributed by atoms with E-state index < -0.39 is 0 Å². The van der Waals surface area contributed by atoms with Crippen LogP contribution in [0.4, 0.5) is 5.69 Å². The lowest BCUT2D eigenvalue weighted by atomic mass is 10.2. The van der Waals surface area contributed by atoms with E-state index in [0.29, 0.717) is 13.0 Å². The molecule has 2 N–H and O–H groups in total. The number of aromatic nitrogens is 1. The molecule has 1 aliphatic heterocycles. The van der Waals surface area contributed by atoms with E-state index in [0.717, 1.165) is 0 Å². The van der Waals surface area contributed by atoms with Gasteiger partial charge in [0.25, 0.3) is 0 Å². The number of carbonyl (C=O) groups excluding carboxylic acids is 1. The van der Waals surface area contributed by atoms with E-state index in [-0.39, 0.29) is 23.1 Å². The molecule has 1 saturated heterocycles. The number of hydrogen-bond donors (Lipinski definition) is 1. The van der Waals surface area contributed by atoms with E-state index in [2.05, 4.69) is 0 Å². The fraction of sp³-hybridized carbons (Fsp3) is 0.333. The van der Waals surface area contributed by atoms with Crippen molar-refractivity contribution in [3.05, 3.63) is 28.7 Å². The number of anilines is 1. The third-order valence-electron chi connectivity index (χ3n) is 2.24. The first kappa shape index (κ1) is 8.80. The number of esters is 1. The zero-order valence-corrected chi connectivity index (χ0v) is 7.47. The summed E-state index contributed by atoms with van der Waals surface area (Å²) >= 11 is 0. The van der Waals surface area contributed by atoms with Crippen LogP contribution in [0.25, 0.3) is 0 Å². The number of nitrogens with zero attached hydrogens (tertiary/aromatic N) is 1. The number of cyclic esters (lactones) is 1. The van der Waals surface area contributed by atoms with Crippen LogP contribution in [-0.2, 0) is 9.53 Å². The van der Waals surface area contributed by atoms with E-state index in [4.69, 9.17) is 10.5 Å². The normalized spacial score (nSPS) is 20.9. The largest absolute Gasteiger partial charge is 0.464 e. The summed E-state index contributed by atoms with van der Waals surface area (Å²) in [5.74, 6) is -0.270. The summed E-state index contributed by atoms with van der Waals surface area (Å²) < 4.78 is 6.43. The molecule has 14 heavy (non-hydrogen) atoms. The van der Waals surface area contributed by atoms with Gasteiger partial charge in [0.1, 0.15) is 6.04 Å². The molecule has 1 atom stereocenters. The van der Waals surface area contributed by atoms with Crippen LogP contribution in [0.5, 0.6) is 0 Å². The minimum atomic E-state index is -0.335. The van der Waals surface area contributed by atoms with Crippen molar-refractivity contribution in [1.82, 2.24) is 4.57 Å². The maximum atomic E-state index is 11.2. The van der Waals surface area contributed by atoms with Crippen molar-refractivity contribution < 1.29 is 9.53 Å². The van der Waals surface area contributed by atoms with Crippen LogP contribution in [0.3, 0.4) is 0 Å². The molecule has 1 aromatic rings. The molecule has 2 heterocycles. The fourth-order valence-corrected chi connectivity index (χ4v) is 1.47. The number of nitrogens with two attached hydrogens (primary N) is 1. The monoisotopic (exact) mass is 194 g/mol. The summed E-state index contributed by atoms with van der Waals surface area (Å²) in [5, 5.41) is 0. The van der Waals surface area contributed by atoms with Crippen LogP contribution in [0.2, 0.25) is 0 Å². The van der Waals surface area contributed by atoms with E-state index in [9.17, 15) is 9.59 Å². The molecule has 5 nitrogen and oxygen atoms in total. The predicted molar refractivity (Wildman–Crippen MR) is 49.7 cm³/mol. The highest BCUT2D eigenvalue weighted by Gasteiger charge is 2.27. The smallest absolute Gasteiger partial charge is 0.329 e. The molecule has 1 unspecified atom stereocenters. The van der Waals surface area contributed by atoms with Crippen LogP contribution in [-0.4, -0.2) is 17.1 Å². The maximum Gasteiger partial charge on any atom is 0.329 e. The van der Waals surface area contributed by atoms with Gasteiger partial charge in [0.15, 0.2) is 0 Å². The molecule has 0 radical (unpaired) electrons. The first-order chi connectivity index (χ1) is 6.68. The van der Waals surface area contributed by atoms with E-state index >= 15 is 0 Å². The lowest BCUT2D eigenvalue weighted by molar-refractivity contribution is -0.140. The van der Waals surface area contributed by atoms with Gasteiger partial charge in [-0.15, -0.1) is 0 Å². The van der Waals surface area contributed by atoms with Crippen LogP contribution >= 0.6 is 0 Å². The van der Waals surface area contributed by atoms with Gasteiger partial charge in [-0.25, -0.2) is 4.79 Å². The summed E-state index contributed by atoms with van der Waals surface area (Å²) in [6.07, 6.45) is 3.65. The maximum absolute atomic E-state index is 11.2. The molecule has 0 spiro atoms. The number of nitrogen functional groups attached to an aromatic ring is 1. The van der Waals surface area contributed by atoms with Gasteiger partial charge in [-0.1, -0.05) is 0 Å². The molecule has 2 rings (SSSR count). The highest BCUT2D eigenvalue weighted by atomic mass is 16.5. The lowest BCUT2D eigenvalue weighted by Gasteiger charge is -2.10. The molecule has 0 aromatic carbocycles. The molecule has 0 aliphatic carbocycles. The van der Waals surface area contributed by atoms with Crippen LogP contribution < -0.4 is 11.2 Å². The lowest BCUT2D eigenvalue weighted by Crippen LogP contribution is -2.17. The van der Waals surface area contributed by atoms with Gasteiger partial charge in [-0.2, -0.15) is 0 Å². The third-order valence-corrected chi connectivity index (χ3v) is 2.24. The topological polar surface area (TPSA) is 74.3 Å². The molecule has 74 valence electrons. The Morgan fingerprint density at radius 3 is 2.86 bits per heavy atom. The Balaban J connectivity index is 2.37. The third kappa shape index (κ3) is 1.37. The van der Waals surface area contributed by atoms with Crippen molar-refractivity contribution in [3.63, 3.8) is 0 Å². The number of pyridine rings is 1. The summed E-state index contributed by atoms with van der Waals surface area (Å²) in [7, 11) is 0. The quantitative estimate of drug-likeness (QED) is 0.634. The second-order valence-corrected chi connectivity index (χ2v) is 3.18. The standard InChI is InChI=1S/C9H10N2O3/c10-6-5-11(3-1-8(6)12)7-2-4-14-9(7)13/h1,3,5,7H,2,4,10H2. The molecular formula is C9H10N2O3. The van der Waals surface area contributed by atoms with Gasteiger partial charge in [0.05, 0.1) is 12.3 Å². The minimum absolute atomic E-state index is 0.146. The molecule has 0 amide bonds. The second kappa shape index (κ2) is 3.17. The molecule has 0 bridgehead atoms. The molecular weight excluding hydrogens is 184 g/mol. The van der Waals surface area contributed by atoms with Crippen molar-refractivity contribution in [2.75, 3.05) is 12.3 Å². The Bertz CT molecular complexity index is 424. The first-order valence-corrected chi connectivity index (χ1v) is 4.32. The van der Waals surface area contributed by atoms with Gasteiger partial charge in [-0.3, -0.25) is 4.79 Å². The van der Waals surface area contributed by atoms with Gasteiger partial charge < -0.3 is 15.0 Å². The Kier molecular flexibility index (Phi) is 1.99. The highest BCUT2D eigenvalue weighted by Crippen LogP contribution is 2.19. The molecule has 5 heteroatoms. The number of ether oxygens (including phenoxy) is 1. The molecule has 1 aliphatic rings. The SMILES string of the molecule is Nc1cn(C2CCOC2=O)ccc1=O. The Labute approximate surface area is 80.1 Å². The van der Waals surface area contributed by atoms with Crippen LogP contribution in [0.1, 0.15) is 12.5 Å². The summed E-state index contributed by atoms with van der Waals surface area (Å²) in [6, 6.07) is 1.01. The summed E-state index contributed by atoms with van der Waals surface area (Å²) in [6.45, 7) is 0.426. The van der Waals surface area contributed by atoms with Crippen LogP contribution in [0, 0.1) is 0 Å². The van der Waals surface area contributed by atoms with E-state index in [1.165, 1.54) is 12.3 Å². The van der Waals surface area contributed by atoms with Gasteiger partial charge in [0.2, 0.25) is 5.43 Å². The fourth-order valence-electron chi connectivity index (χ4n) is 1.47. The number of hydrogen-bond acceptors (Lipinski definition) is 4. The Morgan fingerprint density at radius 1 is 1.50 bits per heavy atom. The minimum Gasteiger partial charge on any atom is -0.464 e. The van der Waals surface area contributed by atoms with Crippen molar-refractivity contribution in [3.8, 4) is 0 Å². The second-order valence-electron chi connectivity index (χ2n) is 3.18. The van der Waals surface area contributed by atoms with Gasteiger partial charge in [-0.05, 0) is 0 Å². The molecule has 1 fully saturated rings. The zero-order chi connectivity index (χ0) is 10.1. The van der Waals surface area contributed by atoms with E-state index in [1.54, 1.807) is 10.8 Å². The molecule has 1 aromatic heterocycles. The average molecular weight is 194 g/mol. The average Bonchev–Trinajstić information content (AvgIpc) is 2.57. The zero-order valence-electron chi connectivity index (χ0n) is 7.47. The molecule has 0 saturated carbocycles.